The topological polar surface area (TPSA) is 79.9 Å². The molecule has 0 aromatic heterocycles. The minimum absolute atomic E-state index is 0.102. The zero-order valence-corrected chi connectivity index (χ0v) is 16.6. The van der Waals surface area contributed by atoms with Crippen molar-refractivity contribution in [2.24, 2.45) is 5.92 Å². The van der Waals surface area contributed by atoms with Crippen LogP contribution >= 0.6 is 0 Å². The average Bonchev–Trinajstić information content (AvgIpc) is 2.73. The van der Waals surface area contributed by atoms with Gasteiger partial charge >= 0.3 is 0 Å². The van der Waals surface area contributed by atoms with Gasteiger partial charge in [-0.1, -0.05) is 6.07 Å². The van der Waals surface area contributed by atoms with E-state index in [0.29, 0.717) is 25.3 Å². The summed E-state index contributed by atoms with van der Waals surface area (Å²) in [7, 11) is 0. The number of hydrogen-bond acceptors (Lipinski definition) is 4. The number of rotatable bonds is 7. The van der Waals surface area contributed by atoms with Gasteiger partial charge in [0.05, 0.1) is 17.7 Å². The largest absolute Gasteiger partial charge is 0.353 e. The Morgan fingerprint density at radius 1 is 1.18 bits per heavy atom. The lowest BCUT2D eigenvalue weighted by molar-refractivity contribution is -0.122. The molecule has 3 rings (SSSR count). The molecule has 5 heteroatoms. The predicted octanol–water partition coefficient (Wildman–Crippen LogP) is 3.68. The zero-order chi connectivity index (χ0) is 19.8. The van der Waals surface area contributed by atoms with Gasteiger partial charge in [-0.3, -0.25) is 9.69 Å². The van der Waals surface area contributed by atoms with Gasteiger partial charge in [-0.15, -0.1) is 0 Å². The van der Waals surface area contributed by atoms with Gasteiger partial charge in [0.15, 0.2) is 0 Å². The van der Waals surface area contributed by atoms with Crippen LogP contribution in [-0.2, 0) is 17.8 Å². The lowest BCUT2D eigenvalue weighted by Gasteiger charge is -2.33. The van der Waals surface area contributed by atoms with Crippen molar-refractivity contribution in [2.45, 2.75) is 70.4 Å². The SMILES string of the molecule is N#CCCCC(=O)NC1CCC(CCN2CCc3cc(C#N)ccc3C2)CC1. The molecule has 5 nitrogen and oxygen atoms in total. The van der Waals surface area contributed by atoms with Gasteiger partial charge in [0, 0.05) is 32.0 Å². The fraction of sp³-hybridized carbons (Fsp3) is 0.609. The summed E-state index contributed by atoms with van der Waals surface area (Å²) in [6.45, 7) is 3.21. The van der Waals surface area contributed by atoms with Crippen LogP contribution in [0.1, 0.15) is 68.1 Å². The number of amides is 1. The van der Waals surface area contributed by atoms with Crippen molar-refractivity contribution >= 4 is 5.91 Å². The number of carbonyl (C=O) groups is 1. The second-order valence-corrected chi connectivity index (χ2v) is 8.21. The molecule has 1 aromatic rings. The molecule has 0 unspecified atom stereocenters. The first-order valence-corrected chi connectivity index (χ1v) is 10.6. The van der Waals surface area contributed by atoms with Gasteiger partial charge in [-0.05, 0) is 80.7 Å². The maximum atomic E-state index is 11.9. The maximum absolute atomic E-state index is 11.9. The first kappa shape index (κ1) is 20.4. The molecule has 1 aliphatic heterocycles. The molecule has 1 amide bonds. The summed E-state index contributed by atoms with van der Waals surface area (Å²) >= 11 is 0. The van der Waals surface area contributed by atoms with Crippen LogP contribution in [0.15, 0.2) is 18.2 Å². The summed E-state index contributed by atoms with van der Waals surface area (Å²) in [5.74, 6) is 0.861. The third kappa shape index (κ3) is 5.81. The highest BCUT2D eigenvalue weighted by atomic mass is 16.1. The molecule has 1 saturated carbocycles. The first-order chi connectivity index (χ1) is 13.7. The summed E-state index contributed by atoms with van der Waals surface area (Å²) in [6, 6.07) is 10.7. The number of carbonyl (C=O) groups excluding carboxylic acids is 1. The Kier molecular flexibility index (Phi) is 7.46. The highest BCUT2D eigenvalue weighted by Gasteiger charge is 2.23. The Morgan fingerprint density at radius 2 is 2.00 bits per heavy atom. The number of fused-ring (bicyclic) bond motifs is 1. The fourth-order valence-corrected chi connectivity index (χ4v) is 4.46. The van der Waals surface area contributed by atoms with Crippen LogP contribution in [-0.4, -0.2) is 29.9 Å². The first-order valence-electron chi connectivity index (χ1n) is 10.6. The lowest BCUT2D eigenvalue weighted by Crippen LogP contribution is -2.38. The standard InChI is InChI=1S/C23H30N4O/c24-12-2-1-3-23(28)26-22-8-5-18(6-9-22)10-13-27-14-11-20-15-19(16-25)4-7-21(20)17-27/h4,7,15,18,22H,1-3,5-6,8-11,13-14,17H2,(H,26,28). The number of unbranched alkanes of at least 4 members (excludes halogenated alkanes) is 1. The van der Waals surface area contributed by atoms with Crippen molar-refractivity contribution in [3.63, 3.8) is 0 Å². The van der Waals surface area contributed by atoms with Crippen molar-refractivity contribution in [2.75, 3.05) is 13.1 Å². The van der Waals surface area contributed by atoms with Crippen LogP contribution < -0.4 is 5.32 Å². The van der Waals surface area contributed by atoms with Crippen molar-refractivity contribution in [3.8, 4) is 12.1 Å². The van der Waals surface area contributed by atoms with Gasteiger partial charge in [0.2, 0.25) is 5.91 Å². The van der Waals surface area contributed by atoms with E-state index in [1.54, 1.807) is 0 Å². The summed E-state index contributed by atoms with van der Waals surface area (Å²) in [4.78, 5) is 14.4. The van der Waals surface area contributed by atoms with Gasteiger partial charge in [-0.25, -0.2) is 0 Å². The molecule has 1 heterocycles. The maximum Gasteiger partial charge on any atom is 0.220 e. The fourth-order valence-electron chi connectivity index (χ4n) is 4.46. The molecule has 2 aliphatic rings. The molecule has 1 aromatic carbocycles. The molecule has 0 spiro atoms. The van der Waals surface area contributed by atoms with Crippen LogP contribution in [0, 0.1) is 28.6 Å². The Bertz CT molecular complexity index is 753. The number of nitriles is 2. The van der Waals surface area contributed by atoms with Crippen molar-refractivity contribution in [1.29, 1.82) is 10.5 Å². The molecule has 1 aliphatic carbocycles. The predicted molar refractivity (Wildman–Crippen MR) is 108 cm³/mol. The van der Waals surface area contributed by atoms with E-state index in [9.17, 15) is 4.79 Å². The number of hydrogen-bond donors (Lipinski definition) is 1. The van der Waals surface area contributed by atoms with E-state index in [-0.39, 0.29) is 5.91 Å². The molecule has 1 fully saturated rings. The molecule has 148 valence electrons. The summed E-state index contributed by atoms with van der Waals surface area (Å²) in [5.41, 5.74) is 3.47. The highest BCUT2D eigenvalue weighted by Crippen LogP contribution is 2.28. The van der Waals surface area contributed by atoms with Crippen molar-refractivity contribution in [3.05, 3.63) is 34.9 Å². The van der Waals surface area contributed by atoms with Crippen molar-refractivity contribution < 1.29 is 4.79 Å². The Hall–Kier alpha value is -2.37. The van der Waals surface area contributed by atoms with Gasteiger partial charge in [0.25, 0.3) is 0 Å². The molecule has 0 bridgehead atoms. The molecule has 0 atom stereocenters. The van der Waals surface area contributed by atoms with E-state index in [0.717, 1.165) is 50.4 Å². The summed E-state index contributed by atoms with van der Waals surface area (Å²) in [5, 5.41) is 20.7. The second kappa shape index (κ2) is 10.2. The lowest BCUT2D eigenvalue weighted by atomic mass is 9.83. The second-order valence-electron chi connectivity index (χ2n) is 8.21. The van der Waals surface area contributed by atoms with E-state index >= 15 is 0 Å². The molecular weight excluding hydrogens is 348 g/mol. The molecule has 1 N–H and O–H groups in total. The van der Waals surface area contributed by atoms with Gasteiger partial charge in [0.1, 0.15) is 0 Å². The summed E-state index contributed by atoms with van der Waals surface area (Å²) < 4.78 is 0. The highest BCUT2D eigenvalue weighted by molar-refractivity contribution is 5.76. The van der Waals surface area contributed by atoms with E-state index in [2.05, 4.69) is 28.4 Å². The van der Waals surface area contributed by atoms with E-state index in [1.165, 1.54) is 30.4 Å². The zero-order valence-electron chi connectivity index (χ0n) is 16.6. The number of benzene rings is 1. The third-order valence-electron chi connectivity index (χ3n) is 6.18. The normalized spacial score (nSPS) is 21.9. The van der Waals surface area contributed by atoms with E-state index < -0.39 is 0 Å². The Morgan fingerprint density at radius 3 is 2.75 bits per heavy atom. The smallest absolute Gasteiger partial charge is 0.220 e. The van der Waals surface area contributed by atoms with Crippen molar-refractivity contribution in [1.82, 2.24) is 10.2 Å². The molecule has 0 radical (unpaired) electrons. The monoisotopic (exact) mass is 378 g/mol. The van der Waals surface area contributed by atoms with E-state index in [4.69, 9.17) is 10.5 Å². The molecule has 28 heavy (non-hydrogen) atoms. The Labute approximate surface area is 168 Å². The van der Waals surface area contributed by atoms with Crippen LogP contribution in [0.3, 0.4) is 0 Å². The third-order valence-corrected chi connectivity index (χ3v) is 6.18. The molecular formula is C23H30N4O. The van der Waals surface area contributed by atoms with Crippen LogP contribution in [0.25, 0.3) is 0 Å². The quantitative estimate of drug-likeness (QED) is 0.734. The van der Waals surface area contributed by atoms with Gasteiger partial charge in [-0.2, -0.15) is 10.5 Å². The average molecular weight is 379 g/mol. The van der Waals surface area contributed by atoms with Crippen LogP contribution in [0.5, 0.6) is 0 Å². The van der Waals surface area contributed by atoms with E-state index in [1.807, 2.05) is 12.1 Å². The summed E-state index contributed by atoms with van der Waals surface area (Å²) in [6.07, 6.45) is 8.40. The van der Waals surface area contributed by atoms with Crippen LogP contribution in [0.4, 0.5) is 0 Å². The molecule has 0 saturated heterocycles. The van der Waals surface area contributed by atoms with Gasteiger partial charge < -0.3 is 5.32 Å². The van der Waals surface area contributed by atoms with Crippen LogP contribution in [0.2, 0.25) is 0 Å². The number of nitrogens with one attached hydrogen (secondary N) is 1. The number of nitrogens with zero attached hydrogens (tertiary/aromatic N) is 3. The minimum Gasteiger partial charge on any atom is -0.353 e. The minimum atomic E-state index is 0.102. The Balaban J connectivity index is 1.35.